The van der Waals surface area contributed by atoms with Crippen LogP contribution < -0.4 is 9.13 Å². The third-order valence-corrected chi connectivity index (χ3v) is 11.9. The van der Waals surface area contributed by atoms with E-state index in [1.165, 1.54) is 12.2 Å². The summed E-state index contributed by atoms with van der Waals surface area (Å²) in [6.07, 6.45) is 13.2. The van der Waals surface area contributed by atoms with Gasteiger partial charge in [0.25, 0.3) is 0 Å². The fourth-order valence-electron chi connectivity index (χ4n) is 7.60. The lowest BCUT2D eigenvalue weighted by Crippen LogP contribution is -2.33. The van der Waals surface area contributed by atoms with E-state index >= 15 is 0 Å². The lowest BCUT2D eigenvalue weighted by atomic mass is 10.00. The van der Waals surface area contributed by atoms with Gasteiger partial charge >= 0.3 is 0 Å². The maximum atomic E-state index is 12.6. The van der Waals surface area contributed by atoms with Crippen molar-refractivity contribution in [3.05, 3.63) is 145 Å². The Morgan fingerprint density at radius 3 is 0.757 bits per heavy atom. The summed E-state index contributed by atoms with van der Waals surface area (Å²) in [5, 5.41) is 0. The molecule has 0 radical (unpaired) electrons. The third-order valence-electron chi connectivity index (χ3n) is 11.9. The Balaban J connectivity index is 1.10. The highest BCUT2D eigenvalue weighted by atomic mass is 16.2. The van der Waals surface area contributed by atoms with Crippen LogP contribution in [-0.4, -0.2) is 57.8 Å². The molecule has 0 saturated carbocycles. The molecule has 2 aromatic heterocycles. The highest BCUT2D eigenvalue weighted by Gasteiger charge is 2.16. The largest absolute Gasteiger partial charge is 0.300 e. The molecule has 0 amide bonds. The molecule has 70 heavy (non-hydrogen) atoms. The molecule has 0 atom stereocenters. The van der Waals surface area contributed by atoms with Gasteiger partial charge in [-0.2, -0.15) is 0 Å². The van der Waals surface area contributed by atoms with E-state index in [0.29, 0.717) is 13.1 Å². The minimum atomic E-state index is -0.176. The van der Waals surface area contributed by atoms with Gasteiger partial charge in [-0.15, -0.1) is 13.2 Å². The SMILES string of the molecule is C=CCC(=O)CCC(=O)CCC(=O)CCC(=O)CCC(=O)Cc1ccc(C[n+]2ccc(-c3cc[n+](Cc4ccc(CC(=O)CCC(=O)CCC(=O)CCC(=O)CCC(=O)CC=C)cc4)cc3)cc2)cc1. The molecule has 0 spiro atoms. The average molecular weight is 951 g/mol. The number of pyridine rings is 2. The molecule has 2 heterocycles. The Bertz CT molecular complexity index is 2310. The number of Topliss-reactive ketones (excluding diaryl/α,β-unsaturated/α-hetero) is 10. The molecule has 0 bridgehead atoms. The number of carbonyl (C=O) groups excluding carboxylic acids is 10. The summed E-state index contributed by atoms with van der Waals surface area (Å²) in [6, 6.07) is 23.9. The minimum Gasteiger partial charge on any atom is -0.300 e. The van der Waals surface area contributed by atoms with E-state index < -0.39 is 0 Å². The first-order chi connectivity index (χ1) is 33.7. The molecule has 0 aliphatic carbocycles. The van der Waals surface area contributed by atoms with Crippen molar-refractivity contribution >= 4 is 57.8 Å². The van der Waals surface area contributed by atoms with Gasteiger partial charge in [-0.1, -0.05) is 60.7 Å². The summed E-state index contributed by atoms with van der Waals surface area (Å²) in [7, 11) is 0. The summed E-state index contributed by atoms with van der Waals surface area (Å²) in [5.41, 5.74) is 6.00. The number of aromatic nitrogens is 2. The van der Waals surface area contributed by atoms with Crippen LogP contribution in [0.25, 0.3) is 11.1 Å². The molecular weight excluding hydrogens is 885 g/mol. The first kappa shape index (κ1) is 55.5. The van der Waals surface area contributed by atoms with Crippen LogP contribution in [0.1, 0.15) is 138 Å². The zero-order valence-corrected chi connectivity index (χ0v) is 40.3. The Kier molecular flexibility index (Phi) is 24.1. The van der Waals surface area contributed by atoms with Gasteiger partial charge in [0, 0.05) is 164 Å². The number of nitrogens with zero attached hydrogens (tertiary/aromatic N) is 2. The monoisotopic (exact) mass is 950 g/mol. The van der Waals surface area contributed by atoms with Crippen molar-refractivity contribution in [1.29, 1.82) is 0 Å². The molecule has 4 aromatic rings. The minimum absolute atomic E-state index is 0.0424. The maximum Gasteiger partial charge on any atom is 0.173 e. The standard InChI is InChI=1S/C58H66N2O10/c1-3-5-49(61)15-17-51(63)19-21-53(65)23-25-55(67)27-29-57(69)39-43-7-11-45(12-8-43)41-59-35-31-47(32-36-59)48-33-37-60(38-34-48)42-46-13-9-44(10-14-46)40-58(70)30-28-56(68)26-24-54(66)22-20-52(64)18-16-50(62)6-4-2/h3-4,7-14,31-38H,1-2,5-6,15-30,39-42H2/q+2. The second-order valence-corrected chi connectivity index (χ2v) is 17.9. The summed E-state index contributed by atoms with van der Waals surface area (Å²) >= 11 is 0. The number of ketones is 10. The molecule has 0 N–H and O–H groups in total. The summed E-state index contributed by atoms with van der Waals surface area (Å²) in [4.78, 5) is 121. The number of hydrogen-bond donors (Lipinski definition) is 0. The van der Waals surface area contributed by atoms with Gasteiger partial charge in [0.2, 0.25) is 0 Å². The Morgan fingerprint density at radius 2 is 0.514 bits per heavy atom. The Labute approximate surface area is 411 Å². The van der Waals surface area contributed by atoms with Crippen molar-refractivity contribution in [3.8, 4) is 11.1 Å². The second-order valence-electron chi connectivity index (χ2n) is 17.9. The lowest BCUT2D eigenvalue weighted by molar-refractivity contribution is -0.688. The van der Waals surface area contributed by atoms with Crippen molar-refractivity contribution in [2.75, 3.05) is 0 Å². The van der Waals surface area contributed by atoms with E-state index in [1.807, 2.05) is 73.3 Å². The van der Waals surface area contributed by atoms with Crippen molar-refractivity contribution < 1.29 is 57.1 Å². The van der Waals surface area contributed by atoms with E-state index in [0.717, 1.165) is 33.4 Å². The Morgan fingerprint density at radius 1 is 0.300 bits per heavy atom. The molecule has 2 aromatic carbocycles. The number of carbonyl (C=O) groups is 10. The van der Waals surface area contributed by atoms with E-state index in [2.05, 4.69) is 46.6 Å². The highest BCUT2D eigenvalue weighted by Crippen LogP contribution is 2.17. The first-order valence-electron chi connectivity index (χ1n) is 24.2. The number of allylic oxidation sites excluding steroid dienone is 2. The molecule has 0 aliphatic heterocycles. The van der Waals surface area contributed by atoms with Gasteiger partial charge in [0.05, 0.1) is 0 Å². The van der Waals surface area contributed by atoms with Crippen LogP contribution in [0.5, 0.6) is 0 Å². The van der Waals surface area contributed by atoms with Gasteiger partial charge in [0.1, 0.15) is 57.8 Å². The van der Waals surface area contributed by atoms with E-state index in [9.17, 15) is 47.9 Å². The summed E-state index contributed by atoms with van der Waals surface area (Å²) in [5.74, 6) is -1.18. The summed E-state index contributed by atoms with van der Waals surface area (Å²) in [6.45, 7) is 8.29. The zero-order chi connectivity index (χ0) is 50.7. The highest BCUT2D eigenvalue weighted by molar-refractivity contribution is 5.93. The van der Waals surface area contributed by atoms with Crippen LogP contribution in [0.4, 0.5) is 0 Å². The molecule has 0 unspecified atom stereocenters. The Hall–Kier alpha value is -7.08. The fourth-order valence-corrected chi connectivity index (χ4v) is 7.60. The lowest BCUT2D eigenvalue weighted by Gasteiger charge is -2.05. The van der Waals surface area contributed by atoms with Gasteiger partial charge in [-0.05, 0) is 22.3 Å². The second kappa shape index (κ2) is 30.4. The van der Waals surface area contributed by atoms with Crippen molar-refractivity contribution in [3.63, 3.8) is 0 Å². The van der Waals surface area contributed by atoms with Crippen LogP contribution in [0.3, 0.4) is 0 Å². The van der Waals surface area contributed by atoms with Gasteiger partial charge in [0.15, 0.2) is 37.9 Å². The quantitative estimate of drug-likeness (QED) is 0.0316. The number of rotatable bonds is 37. The topological polar surface area (TPSA) is 178 Å². The van der Waals surface area contributed by atoms with Crippen LogP contribution in [0, 0.1) is 0 Å². The van der Waals surface area contributed by atoms with Gasteiger partial charge in [-0.3, -0.25) is 47.9 Å². The molecule has 366 valence electrons. The molecule has 12 nitrogen and oxygen atoms in total. The van der Waals surface area contributed by atoms with Crippen molar-refractivity contribution in [2.24, 2.45) is 0 Å². The number of hydrogen-bond acceptors (Lipinski definition) is 10. The van der Waals surface area contributed by atoms with Crippen LogP contribution in [-0.2, 0) is 73.9 Å². The van der Waals surface area contributed by atoms with Gasteiger partial charge < -0.3 is 0 Å². The third kappa shape index (κ3) is 22.4. The zero-order valence-electron chi connectivity index (χ0n) is 40.3. The molecule has 0 aliphatic rings. The van der Waals surface area contributed by atoms with Crippen LogP contribution in [0.2, 0.25) is 0 Å². The smallest absolute Gasteiger partial charge is 0.173 e. The van der Waals surface area contributed by atoms with E-state index in [1.54, 1.807) is 0 Å². The first-order valence-corrected chi connectivity index (χ1v) is 24.2. The molecule has 4 rings (SSSR count). The van der Waals surface area contributed by atoms with E-state index in [-0.39, 0.29) is 186 Å². The molecule has 0 fully saturated rings. The van der Waals surface area contributed by atoms with Crippen LogP contribution >= 0.6 is 0 Å². The normalized spacial score (nSPS) is 10.8. The van der Waals surface area contributed by atoms with E-state index in [4.69, 9.17) is 0 Å². The molecule has 12 heteroatoms. The predicted octanol–water partition coefficient (Wildman–Crippen LogP) is 8.20. The fraction of sp³-hybridized carbons (Fsp3) is 0.379. The average Bonchev–Trinajstić information content (AvgIpc) is 3.35. The predicted molar refractivity (Wildman–Crippen MR) is 264 cm³/mol. The van der Waals surface area contributed by atoms with Gasteiger partial charge in [-0.25, -0.2) is 9.13 Å². The van der Waals surface area contributed by atoms with Crippen molar-refractivity contribution in [1.82, 2.24) is 0 Å². The maximum absolute atomic E-state index is 12.6. The summed E-state index contributed by atoms with van der Waals surface area (Å²) < 4.78 is 4.15. The van der Waals surface area contributed by atoms with Crippen LogP contribution in [0.15, 0.2) is 123 Å². The molecular formula is C58H66N2O10+2. The van der Waals surface area contributed by atoms with Crippen molar-refractivity contribution in [2.45, 2.75) is 142 Å². The number of benzene rings is 2. The molecule has 0 saturated heterocycles.